The molecule has 11 heavy (non-hydrogen) atoms. The SMILES string of the molecule is CC1=C(C)C(C)(C)SC1(C)C. The molecule has 1 rings (SSSR count). The highest BCUT2D eigenvalue weighted by Crippen LogP contribution is 2.52. The first-order valence-corrected chi connectivity index (χ1v) is 4.97. The Bertz CT molecular complexity index is 187. The zero-order valence-corrected chi connectivity index (χ0v) is 9.22. The van der Waals surface area contributed by atoms with Crippen LogP contribution in [0.25, 0.3) is 0 Å². The lowest BCUT2D eigenvalue weighted by molar-refractivity contribution is 0.823. The van der Waals surface area contributed by atoms with E-state index in [0.717, 1.165) is 0 Å². The minimum Gasteiger partial charge on any atom is -0.141 e. The molecule has 0 radical (unpaired) electrons. The Kier molecular flexibility index (Phi) is 1.91. The fourth-order valence-corrected chi connectivity index (χ4v) is 3.58. The van der Waals surface area contributed by atoms with Crippen LogP contribution < -0.4 is 0 Å². The molecule has 0 saturated heterocycles. The fraction of sp³-hybridized carbons (Fsp3) is 0.800. The minimum atomic E-state index is 0.355. The molecule has 0 N–H and O–H groups in total. The number of hydrogen-bond acceptors (Lipinski definition) is 1. The van der Waals surface area contributed by atoms with Crippen LogP contribution in [0.5, 0.6) is 0 Å². The highest BCUT2D eigenvalue weighted by molar-refractivity contribution is 8.02. The van der Waals surface area contributed by atoms with Crippen LogP contribution in [0, 0.1) is 0 Å². The minimum absolute atomic E-state index is 0.355. The van der Waals surface area contributed by atoms with Crippen LogP contribution in [-0.2, 0) is 0 Å². The molecular weight excluding hydrogens is 152 g/mol. The van der Waals surface area contributed by atoms with Gasteiger partial charge in [0.05, 0.1) is 0 Å². The van der Waals surface area contributed by atoms with Crippen molar-refractivity contribution in [2.45, 2.75) is 51.0 Å². The van der Waals surface area contributed by atoms with E-state index in [1.807, 2.05) is 0 Å². The average Bonchev–Trinajstić information content (AvgIpc) is 1.91. The van der Waals surface area contributed by atoms with Crippen LogP contribution in [0.2, 0.25) is 0 Å². The third-order valence-corrected chi connectivity index (χ3v) is 4.51. The summed E-state index contributed by atoms with van der Waals surface area (Å²) in [6.45, 7) is 13.8. The van der Waals surface area contributed by atoms with Crippen LogP contribution in [0.1, 0.15) is 41.5 Å². The standard InChI is InChI=1S/C10H18S/c1-7-8(2)10(5,6)11-9(7,3)4/h1-6H3. The lowest BCUT2D eigenvalue weighted by Crippen LogP contribution is -2.17. The molecule has 0 unspecified atom stereocenters. The van der Waals surface area contributed by atoms with Crippen molar-refractivity contribution < 1.29 is 0 Å². The molecule has 1 aliphatic rings. The molecule has 0 spiro atoms. The Balaban J connectivity index is 3.09. The van der Waals surface area contributed by atoms with Crippen molar-refractivity contribution in [1.29, 1.82) is 0 Å². The van der Waals surface area contributed by atoms with E-state index in [1.54, 1.807) is 11.1 Å². The number of rotatable bonds is 0. The van der Waals surface area contributed by atoms with E-state index in [1.165, 1.54) is 0 Å². The van der Waals surface area contributed by atoms with E-state index >= 15 is 0 Å². The second-order valence-electron chi connectivity index (χ2n) is 4.37. The first kappa shape index (κ1) is 9.18. The summed E-state index contributed by atoms with van der Waals surface area (Å²) in [5.41, 5.74) is 3.13. The maximum Gasteiger partial charge on any atom is 0.0320 e. The molecule has 0 aromatic heterocycles. The van der Waals surface area contributed by atoms with Crippen molar-refractivity contribution in [1.82, 2.24) is 0 Å². The van der Waals surface area contributed by atoms with Crippen LogP contribution in [0.3, 0.4) is 0 Å². The van der Waals surface area contributed by atoms with Gasteiger partial charge in [0.1, 0.15) is 0 Å². The van der Waals surface area contributed by atoms with E-state index in [0.29, 0.717) is 9.49 Å². The molecule has 1 heterocycles. The molecule has 0 atom stereocenters. The molecule has 0 fully saturated rings. The van der Waals surface area contributed by atoms with Gasteiger partial charge < -0.3 is 0 Å². The zero-order chi connectivity index (χ0) is 8.86. The van der Waals surface area contributed by atoms with E-state index in [4.69, 9.17) is 0 Å². The van der Waals surface area contributed by atoms with Gasteiger partial charge >= 0.3 is 0 Å². The summed E-state index contributed by atoms with van der Waals surface area (Å²) in [5, 5.41) is 0. The molecule has 64 valence electrons. The highest BCUT2D eigenvalue weighted by Gasteiger charge is 2.40. The van der Waals surface area contributed by atoms with Crippen molar-refractivity contribution in [2.24, 2.45) is 0 Å². The normalized spacial score (nSPS) is 27.8. The van der Waals surface area contributed by atoms with Gasteiger partial charge in [-0.3, -0.25) is 0 Å². The summed E-state index contributed by atoms with van der Waals surface area (Å²) < 4.78 is 0.709. The van der Waals surface area contributed by atoms with Gasteiger partial charge in [-0.25, -0.2) is 0 Å². The van der Waals surface area contributed by atoms with Crippen LogP contribution in [0.15, 0.2) is 11.1 Å². The van der Waals surface area contributed by atoms with Crippen molar-refractivity contribution >= 4 is 11.8 Å². The van der Waals surface area contributed by atoms with Gasteiger partial charge in [-0.2, -0.15) is 0 Å². The van der Waals surface area contributed by atoms with Crippen LogP contribution >= 0.6 is 11.8 Å². The summed E-state index contributed by atoms with van der Waals surface area (Å²) in [6, 6.07) is 0. The van der Waals surface area contributed by atoms with Crippen molar-refractivity contribution in [2.75, 3.05) is 0 Å². The molecule has 0 aliphatic carbocycles. The summed E-state index contributed by atoms with van der Waals surface area (Å²) >= 11 is 2.07. The smallest absolute Gasteiger partial charge is 0.0320 e. The summed E-state index contributed by atoms with van der Waals surface area (Å²) in [6.07, 6.45) is 0. The highest BCUT2D eigenvalue weighted by atomic mass is 32.2. The van der Waals surface area contributed by atoms with Gasteiger partial charge in [0.15, 0.2) is 0 Å². The molecular formula is C10H18S. The molecule has 0 aromatic rings. The van der Waals surface area contributed by atoms with Gasteiger partial charge in [-0.15, -0.1) is 11.8 Å². The van der Waals surface area contributed by atoms with Crippen molar-refractivity contribution in [3.63, 3.8) is 0 Å². The van der Waals surface area contributed by atoms with Gasteiger partial charge in [-0.1, -0.05) is 11.1 Å². The fourth-order valence-electron chi connectivity index (χ4n) is 1.69. The Labute approximate surface area is 74.5 Å². The topological polar surface area (TPSA) is 0 Å². The molecule has 0 saturated carbocycles. The van der Waals surface area contributed by atoms with Gasteiger partial charge in [0, 0.05) is 9.49 Å². The third kappa shape index (κ3) is 1.35. The Morgan fingerprint density at radius 2 is 1.09 bits per heavy atom. The van der Waals surface area contributed by atoms with Crippen LogP contribution in [0.4, 0.5) is 0 Å². The lowest BCUT2D eigenvalue weighted by Gasteiger charge is -2.24. The maximum absolute atomic E-state index is 2.31. The summed E-state index contributed by atoms with van der Waals surface area (Å²) in [4.78, 5) is 0. The van der Waals surface area contributed by atoms with Crippen molar-refractivity contribution in [3.05, 3.63) is 11.1 Å². The zero-order valence-electron chi connectivity index (χ0n) is 8.41. The largest absolute Gasteiger partial charge is 0.141 e. The molecule has 1 aliphatic heterocycles. The summed E-state index contributed by atoms with van der Waals surface area (Å²) in [7, 11) is 0. The molecule has 1 heteroatoms. The molecule has 0 nitrogen and oxygen atoms in total. The first-order valence-electron chi connectivity index (χ1n) is 4.16. The lowest BCUT2D eigenvalue weighted by atomic mass is 9.93. The van der Waals surface area contributed by atoms with Gasteiger partial charge in [-0.05, 0) is 41.5 Å². The second kappa shape index (κ2) is 2.29. The van der Waals surface area contributed by atoms with Crippen molar-refractivity contribution in [3.8, 4) is 0 Å². The van der Waals surface area contributed by atoms with Gasteiger partial charge in [0.2, 0.25) is 0 Å². The van der Waals surface area contributed by atoms with E-state index in [2.05, 4.69) is 53.3 Å². The first-order chi connectivity index (χ1) is 4.77. The maximum atomic E-state index is 2.31. The third-order valence-electron chi connectivity index (χ3n) is 2.88. The predicted molar refractivity (Wildman–Crippen MR) is 54.1 cm³/mol. The van der Waals surface area contributed by atoms with E-state index < -0.39 is 0 Å². The molecule has 0 aromatic carbocycles. The average molecular weight is 170 g/mol. The Hall–Kier alpha value is 0.0900. The Morgan fingerprint density at radius 3 is 1.18 bits per heavy atom. The molecule has 0 amide bonds. The van der Waals surface area contributed by atoms with E-state index in [-0.39, 0.29) is 0 Å². The second-order valence-corrected chi connectivity index (χ2v) is 6.62. The van der Waals surface area contributed by atoms with Crippen LogP contribution in [-0.4, -0.2) is 9.49 Å². The monoisotopic (exact) mass is 170 g/mol. The number of hydrogen-bond donors (Lipinski definition) is 0. The Morgan fingerprint density at radius 1 is 0.818 bits per heavy atom. The quantitative estimate of drug-likeness (QED) is 0.500. The van der Waals surface area contributed by atoms with Gasteiger partial charge in [0.25, 0.3) is 0 Å². The van der Waals surface area contributed by atoms with E-state index in [9.17, 15) is 0 Å². The number of thioether (sulfide) groups is 1. The predicted octanol–water partition coefficient (Wildman–Crippen LogP) is 3.63. The summed E-state index contributed by atoms with van der Waals surface area (Å²) in [5.74, 6) is 0. The molecule has 0 bridgehead atoms.